The van der Waals surface area contributed by atoms with Crippen LogP contribution in [0.25, 0.3) is 0 Å². The van der Waals surface area contributed by atoms with Crippen molar-refractivity contribution in [1.82, 2.24) is 15.1 Å². The molecule has 0 atom stereocenters. The van der Waals surface area contributed by atoms with Gasteiger partial charge in [-0.2, -0.15) is 5.10 Å². The minimum Gasteiger partial charge on any atom is -0.398 e. The van der Waals surface area contributed by atoms with Gasteiger partial charge in [0.1, 0.15) is 0 Å². The molecule has 0 radical (unpaired) electrons. The lowest BCUT2D eigenvalue weighted by molar-refractivity contribution is 0.555. The van der Waals surface area contributed by atoms with Gasteiger partial charge in [0.15, 0.2) is 0 Å². The predicted octanol–water partition coefficient (Wildman–Crippen LogP) is 1.56. The van der Waals surface area contributed by atoms with Gasteiger partial charge in [-0.25, -0.2) is 0 Å². The van der Waals surface area contributed by atoms with E-state index in [0.717, 1.165) is 30.9 Å². The van der Waals surface area contributed by atoms with Gasteiger partial charge in [0.2, 0.25) is 0 Å². The van der Waals surface area contributed by atoms with Crippen LogP contribution in [-0.2, 0) is 13.1 Å². The topological polar surface area (TPSA) is 55.9 Å². The maximum Gasteiger partial charge on any atom is 0.0534 e. The summed E-state index contributed by atoms with van der Waals surface area (Å²) in [6, 6.07) is 7.92. The molecule has 2 aromatic rings. The van der Waals surface area contributed by atoms with Crippen LogP contribution >= 0.6 is 0 Å². The van der Waals surface area contributed by atoms with E-state index in [1.54, 1.807) is 0 Å². The van der Waals surface area contributed by atoms with Crippen molar-refractivity contribution in [3.8, 4) is 0 Å². The first-order valence-corrected chi connectivity index (χ1v) is 5.79. The molecule has 0 unspecified atom stereocenters. The van der Waals surface area contributed by atoms with Crippen molar-refractivity contribution in [3.63, 3.8) is 0 Å². The highest BCUT2D eigenvalue weighted by atomic mass is 15.3. The van der Waals surface area contributed by atoms with E-state index in [2.05, 4.69) is 10.4 Å². The molecule has 0 saturated carbocycles. The molecule has 90 valence electrons. The molecule has 0 aliphatic carbocycles. The quantitative estimate of drug-likeness (QED) is 0.605. The van der Waals surface area contributed by atoms with E-state index < -0.39 is 0 Å². The first kappa shape index (κ1) is 11.7. The summed E-state index contributed by atoms with van der Waals surface area (Å²) in [5.41, 5.74) is 9.04. The molecular weight excluding hydrogens is 212 g/mol. The Morgan fingerprint density at radius 2 is 2.18 bits per heavy atom. The van der Waals surface area contributed by atoms with Crippen molar-refractivity contribution in [2.45, 2.75) is 20.0 Å². The second-order valence-corrected chi connectivity index (χ2v) is 4.16. The Hall–Kier alpha value is -1.81. The molecule has 2 rings (SSSR count). The van der Waals surface area contributed by atoms with Gasteiger partial charge in [-0.3, -0.25) is 4.68 Å². The molecule has 0 fully saturated rings. The Labute approximate surface area is 101 Å². The lowest BCUT2D eigenvalue weighted by Gasteiger charge is -2.07. The van der Waals surface area contributed by atoms with Crippen LogP contribution in [-0.4, -0.2) is 16.3 Å². The Kier molecular flexibility index (Phi) is 3.77. The average Bonchev–Trinajstić information content (AvgIpc) is 2.73. The van der Waals surface area contributed by atoms with Crippen molar-refractivity contribution >= 4 is 5.69 Å². The molecule has 0 amide bonds. The predicted molar refractivity (Wildman–Crippen MR) is 69.5 cm³/mol. The molecule has 1 aromatic heterocycles. The third-order valence-electron chi connectivity index (χ3n) is 2.65. The third-order valence-corrected chi connectivity index (χ3v) is 2.65. The van der Waals surface area contributed by atoms with Crippen molar-refractivity contribution in [3.05, 3.63) is 47.8 Å². The van der Waals surface area contributed by atoms with E-state index >= 15 is 0 Å². The van der Waals surface area contributed by atoms with Crippen molar-refractivity contribution < 1.29 is 0 Å². The maximum atomic E-state index is 5.86. The summed E-state index contributed by atoms with van der Waals surface area (Å²) in [5.74, 6) is 0. The number of rotatable bonds is 5. The molecule has 17 heavy (non-hydrogen) atoms. The molecular formula is C13H18N4. The first-order valence-electron chi connectivity index (χ1n) is 5.79. The third kappa shape index (κ3) is 3.32. The highest BCUT2D eigenvalue weighted by Crippen LogP contribution is 2.09. The van der Waals surface area contributed by atoms with E-state index in [0.29, 0.717) is 0 Å². The minimum absolute atomic E-state index is 0.799. The lowest BCUT2D eigenvalue weighted by atomic mass is 10.2. The first-order chi connectivity index (χ1) is 8.25. The van der Waals surface area contributed by atoms with Crippen LogP contribution in [0.2, 0.25) is 0 Å². The van der Waals surface area contributed by atoms with Crippen molar-refractivity contribution in [2.75, 3.05) is 12.3 Å². The SMILES string of the molecule is Cc1cnn(CCNCc2ccccc2N)c1. The number of hydrogen-bond acceptors (Lipinski definition) is 3. The standard InChI is InChI=1S/C13H18N4/c1-11-8-16-17(10-11)7-6-15-9-12-4-2-3-5-13(12)14/h2-5,8,10,15H,6-7,9,14H2,1H3. The summed E-state index contributed by atoms with van der Waals surface area (Å²) in [5, 5.41) is 7.59. The number of nitrogens with zero attached hydrogens (tertiary/aromatic N) is 2. The molecule has 0 spiro atoms. The van der Waals surface area contributed by atoms with Crippen LogP contribution in [0.5, 0.6) is 0 Å². The Balaban J connectivity index is 1.75. The van der Waals surface area contributed by atoms with Crippen molar-refractivity contribution in [2.24, 2.45) is 0 Å². The van der Waals surface area contributed by atoms with Gasteiger partial charge < -0.3 is 11.1 Å². The van der Waals surface area contributed by atoms with Gasteiger partial charge in [-0.15, -0.1) is 0 Å². The van der Waals surface area contributed by atoms with Crippen LogP contribution in [0.3, 0.4) is 0 Å². The summed E-state index contributed by atoms with van der Waals surface area (Å²) < 4.78 is 1.94. The molecule has 1 aromatic carbocycles. The summed E-state index contributed by atoms with van der Waals surface area (Å²) >= 11 is 0. The van der Waals surface area contributed by atoms with Gasteiger partial charge in [0.05, 0.1) is 12.7 Å². The second-order valence-electron chi connectivity index (χ2n) is 4.16. The average molecular weight is 230 g/mol. The summed E-state index contributed by atoms with van der Waals surface area (Å²) in [6.07, 6.45) is 3.91. The van der Waals surface area contributed by atoms with E-state index in [4.69, 9.17) is 5.73 Å². The molecule has 3 N–H and O–H groups in total. The summed E-state index contributed by atoms with van der Waals surface area (Å²) in [7, 11) is 0. The van der Waals surface area contributed by atoms with E-state index in [-0.39, 0.29) is 0 Å². The summed E-state index contributed by atoms with van der Waals surface area (Å²) in [6.45, 7) is 4.60. The zero-order chi connectivity index (χ0) is 12.1. The zero-order valence-corrected chi connectivity index (χ0v) is 10.1. The fourth-order valence-corrected chi connectivity index (χ4v) is 1.70. The minimum atomic E-state index is 0.799. The van der Waals surface area contributed by atoms with Gasteiger partial charge in [0.25, 0.3) is 0 Å². The normalized spacial score (nSPS) is 10.6. The highest BCUT2D eigenvalue weighted by Gasteiger charge is 1.97. The number of nitrogen functional groups attached to an aromatic ring is 1. The second kappa shape index (κ2) is 5.50. The lowest BCUT2D eigenvalue weighted by Crippen LogP contribution is -2.20. The molecule has 0 bridgehead atoms. The van der Waals surface area contributed by atoms with Crippen LogP contribution in [0.4, 0.5) is 5.69 Å². The van der Waals surface area contributed by atoms with Crippen LogP contribution in [0, 0.1) is 6.92 Å². The fourth-order valence-electron chi connectivity index (χ4n) is 1.70. The van der Waals surface area contributed by atoms with E-state index in [1.165, 1.54) is 5.56 Å². The molecule has 4 heteroatoms. The number of benzene rings is 1. The molecule has 1 heterocycles. The largest absolute Gasteiger partial charge is 0.398 e. The zero-order valence-electron chi connectivity index (χ0n) is 10.1. The number of nitrogens with one attached hydrogen (secondary N) is 1. The molecule has 0 aliphatic rings. The smallest absolute Gasteiger partial charge is 0.0534 e. The van der Waals surface area contributed by atoms with Crippen LogP contribution < -0.4 is 11.1 Å². The van der Waals surface area contributed by atoms with E-state index in [1.807, 2.05) is 48.3 Å². The van der Waals surface area contributed by atoms with Gasteiger partial charge >= 0.3 is 0 Å². The van der Waals surface area contributed by atoms with Crippen LogP contribution in [0.1, 0.15) is 11.1 Å². The number of para-hydroxylation sites is 1. The van der Waals surface area contributed by atoms with Crippen molar-refractivity contribution in [1.29, 1.82) is 0 Å². The molecule has 4 nitrogen and oxygen atoms in total. The fraction of sp³-hybridized carbons (Fsp3) is 0.308. The summed E-state index contributed by atoms with van der Waals surface area (Å²) in [4.78, 5) is 0. The monoisotopic (exact) mass is 230 g/mol. The van der Waals surface area contributed by atoms with Gasteiger partial charge in [0, 0.05) is 25.0 Å². The van der Waals surface area contributed by atoms with E-state index in [9.17, 15) is 0 Å². The Morgan fingerprint density at radius 3 is 2.88 bits per heavy atom. The molecule has 0 saturated heterocycles. The highest BCUT2D eigenvalue weighted by molar-refractivity contribution is 5.46. The number of nitrogens with two attached hydrogens (primary N) is 1. The number of aromatic nitrogens is 2. The Bertz CT molecular complexity index is 476. The molecule has 0 aliphatic heterocycles. The van der Waals surface area contributed by atoms with Gasteiger partial charge in [-0.05, 0) is 24.1 Å². The number of hydrogen-bond donors (Lipinski definition) is 2. The number of aryl methyl sites for hydroxylation is 1. The maximum absolute atomic E-state index is 5.86. The van der Waals surface area contributed by atoms with Crippen LogP contribution in [0.15, 0.2) is 36.7 Å². The number of anilines is 1. The van der Waals surface area contributed by atoms with Gasteiger partial charge in [-0.1, -0.05) is 18.2 Å². The Morgan fingerprint density at radius 1 is 1.35 bits per heavy atom.